The van der Waals surface area contributed by atoms with Gasteiger partial charge < -0.3 is 15.0 Å². The first-order chi connectivity index (χ1) is 11.7. The summed E-state index contributed by atoms with van der Waals surface area (Å²) in [7, 11) is 0. The molecule has 4 rings (SSSR count). The zero-order valence-corrected chi connectivity index (χ0v) is 14.3. The van der Waals surface area contributed by atoms with Crippen LogP contribution in [0.15, 0.2) is 18.5 Å². The second-order valence-corrected chi connectivity index (χ2v) is 7.25. The molecule has 1 amide bonds. The normalized spacial score (nSPS) is 27.5. The minimum absolute atomic E-state index is 0.0596. The number of carbonyl (C=O) groups excluding carboxylic acids is 1. The quantitative estimate of drug-likeness (QED) is 0.834. The first-order valence-corrected chi connectivity index (χ1v) is 9.13. The molecule has 5 nitrogen and oxygen atoms in total. The van der Waals surface area contributed by atoms with E-state index in [1.807, 2.05) is 6.07 Å². The minimum Gasteiger partial charge on any atom is -0.368 e. The lowest BCUT2D eigenvalue weighted by Crippen LogP contribution is -2.43. The van der Waals surface area contributed by atoms with Gasteiger partial charge in [0, 0.05) is 24.2 Å². The SMILES string of the molecule is O=C(N[C@H]1CCC[C@@H](c2c[nH]c3cnc(Cl)cc23)C1)[C@@H]1CCCO1. The highest BCUT2D eigenvalue weighted by Crippen LogP contribution is 2.37. The number of pyridine rings is 1. The first kappa shape index (κ1) is 15.9. The molecule has 1 aliphatic heterocycles. The van der Waals surface area contributed by atoms with Crippen molar-refractivity contribution in [3.63, 3.8) is 0 Å². The van der Waals surface area contributed by atoms with Gasteiger partial charge in [0.15, 0.2) is 0 Å². The number of hydrogen-bond acceptors (Lipinski definition) is 3. The molecule has 2 fully saturated rings. The van der Waals surface area contributed by atoms with E-state index < -0.39 is 0 Å². The smallest absolute Gasteiger partial charge is 0.249 e. The maximum absolute atomic E-state index is 12.3. The number of amides is 1. The summed E-state index contributed by atoms with van der Waals surface area (Å²) in [5.41, 5.74) is 2.30. The lowest BCUT2D eigenvalue weighted by atomic mass is 9.81. The van der Waals surface area contributed by atoms with Crippen molar-refractivity contribution in [2.75, 3.05) is 6.61 Å². The summed E-state index contributed by atoms with van der Waals surface area (Å²) in [6, 6.07) is 2.15. The molecule has 3 atom stereocenters. The van der Waals surface area contributed by atoms with Crippen molar-refractivity contribution in [3.8, 4) is 0 Å². The van der Waals surface area contributed by atoms with Crippen molar-refractivity contribution in [2.45, 2.75) is 56.6 Å². The van der Waals surface area contributed by atoms with E-state index in [1.165, 1.54) is 5.56 Å². The van der Waals surface area contributed by atoms with Gasteiger partial charge in [-0.15, -0.1) is 0 Å². The van der Waals surface area contributed by atoms with Crippen LogP contribution in [0.5, 0.6) is 0 Å². The van der Waals surface area contributed by atoms with Crippen LogP contribution in [0.2, 0.25) is 5.15 Å². The number of fused-ring (bicyclic) bond motifs is 1. The van der Waals surface area contributed by atoms with Crippen LogP contribution in [-0.4, -0.2) is 34.6 Å². The van der Waals surface area contributed by atoms with Gasteiger partial charge in [-0.2, -0.15) is 0 Å². The van der Waals surface area contributed by atoms with Crippen LogP contribution in [0.1, 0.15) is 50.0 Å². The summed E-state index contributed by atoms with van der Waals surface area (Å²) in [6.45, 7) is 0.704. The van der Waals surface area contributed by atoms with Gasteiger partial charge >= 0.3 is 0 Å². The summed E-state index contributed by atoms with van der Waals surface area (Å²) < 4.78 is 5.49. The van der Waals surface area contributed by atoms with E-state index in [1.54, 1.807) is 6.20 Å². The number of aromatic amines is 1. The Kier molecular flexibility index (Phi) is 4.46. The van der Waals surface area contributed by atoms with E-state index in [0.717, 1.165) is 49.4 Å². The fraction of sp³-hybridized carbons (Fsp3) is 0.556. The van der Waals surface area contributed by atoms with Crippen LogP contribution >= 0.6 is 11.6 Å². The van der Waals surface area contributed by atoms with Crippen LogP contribution in [-0.2, 0) is 9.53 Å². The average Bonchev–Trinajstić information content (AvgIpc) is 3.24. The van der Waals surface area contributed by atoms with Crippen LogP contribution in [0.3, 0.4) is 0 Å². The first-order valence-electron chi connectivity index (χ1n) is 8.75. The molecule has 3 heterocycles. The third-order valence-electron chi connectivity index (χ3n) is 5.25. The van der Waals surface area contributed by atoms with Gasteiger partial charge in [-0.1, -0.05) is 18.0 Å². The maximum Gasteiger partial charge on any atom is 0.249 e. The van der Waals surface area contributed by atoms with Crippen molar-refractivity contribution >= 4 is 28.4 Å². The third kappa shape index (κ3) is 3.15. The van der Waals surface area contributed by atoms with Gasteiger partial charge in [-0.3, -0.25) is 4.79 Å². The Morgan fingerprint density at radius 1 is 1.33 bits per heavy atom. The molecule has 1 aliphatic carbocycles. The molecule has 0 spiro atoms. The van der Waals surface area contributed by atoms with E-state index in [2.05, 4.69) is 21.5 Å². The molecular formula is C18H22ClN3O2. The molecule has 0 unspecified atom stereocenters. The number of nitrogens with one attached hydrogen (secondary N) is 2. The number of H-pyrrole nitrogens is 1. The molecule has 0 bridgehead atoms. The number of ether oxygens (including phenoxy) is 1. The van der Waals surface area contributed by atoms with Gasteiger partial charge in [0.05, 0.1) is 11.7 Å². The third-order valence-corrected chi connectivity index (χ3v) is 5.45. The second kappa shape index (κ2) is 6.73. The van der Waals surface area contributed by atoms with Gasteiger partial charge in [0.25, 0.3) is 0 Å². The van der Waals surface area contributed by atoms with Crippen molar-refractivity contribution < 1.29 is 9.53 Å². The van der Waals surface area contributed by atoms with Gasteiger partial charge in [-0.25, -0.2) is 4.98 Å². The molecule has 24 heavy (non-hydrogen) atoms. The van der Waals surface area contributed by atoms with Crippen LogP contribution in [0.25, 0.3) is 10.9 Å². The molecule has 2 aromatic heterocycles. The monoisotopic (exact) mass is 347 g/mol. The molecule has 128 valence electrons. The van der Waals surface area contributed by atoms with Gasteiger partial charge in [-0.05, 0) is 49.7 Å². The van der Waals surface area contributed by atoms with E-state index in [-0.39, 0.29) is 18.1 Å². The molecule has 0 radical (unpaired) electrons. The Balaban J connectivity index is 1.47. The maximum atomic E-state index is 12.3. The number of nitrogens with zero attached hydrogens (tertiary/aromatic N) is 1. The van der Waals surface area contributed by atoms with Crippen molar-refractivity contribution in [3.05, 3.63) is 29.2 Å². The van der Waals surface area contributed by atoms with Crippen LogP contribution in [0, 0.1) is 0 Å². The summed E-state index contributed by atoms with van der Waals surface area (Å²) in [5, 5.41) is 4.86. The molecule has 2 N–H and O–H groups in total. The number of hydrogen-bond donors (Lipinski definition) is 2. The molecule has 1 saturated carbocycles. The van der Waals surface area contributed by atoms with E-state index in [9.17, 15) is 4.79 Å². The highest BCUT2D eigenvalue weighted by Gasteiger charge is 2.29. The zero-order valence-electron chi connectivity index (χ0n) is 13.6. The highest BCUT2D eigenvalue weighted by atomic mass is 35.5. The number of halogens is 1. The fourth-order valence-electron chi connectivity index (χ4n) is 4.04. The molecule has 2 aromatic rings. The summed E-state index contributed by atoms with van der Waals surface area (Å²) in [5.74, 6) is 0.491. The predicted octanol–water partition coefficient (Wildman–Crippen LogP) is 3.54. The van der Waals surface area contributed by atoms with Crippen molar-refractivity contribution in [1.82, 2.24) is 15.3 Å². The zero-order chi connectivity index (χ0) is 16.5. The predicted molar refractivity (Wildman–Crippen MR) is 93.2 cm³/mol. The standard InChI is InChI=1S/C18H22ClN3O2/c19-17-8-13-14(9-20-15(13)10-21-17)11-3-1-4-12(7-11)22-18(23)16-5-2-6-24-16/h8-12,16,20H,1-7H2,(H,22,23)/t11-,12+,16+/m1/s1. The molecule has 0 aromatic carbocycles. The lowest BCUT2D eigenvalue weighted by Gasteiger charge is -2.30. The van der Waals surface area contributed by atoms with E-state index in [4.69, 9.17) is 16.3 Å². The summed E-state index contributed by atoms with van der Waals surface area (Å²) in [4.78, 5) is 19.7. The number of carbonyl (C=O) groups is 1. The number of aromatic nitrogens is 2. The summed E-state index contributed by atoms with van der Waals surface area (Å²) in [6.07, 6.45) is 9.68. The van der Waals surface area contributed by atoms with Crippen LogP contribution in [0.4, 0.5) is 0 Å². The van der Waals surface area contributed by atoms with E-state index in [0.29, 0.717) is 17.7 Å². The van der Waals surface area contributed by atoms with Gasteiger partial charge in [0.1, 0.15) is 11.3 Å². The fourth-order valence-corrected chi connectivity index (χ4v) is 4.19. The second-order valence-electron chi connectivity index (χ2n) is 6.87. The topological polar surface area (TPSA) is 67.0 Å². The van der Waals surface area contributed by atoms with Crippen LogP contribution < -0.4 is 5.32 Å². The Hall–Kier alpha value is -1.59. The molecular weight excluding hydrogens is 326 g/mol. The largest absolute Gasteiger partial charge is 0.368 e. The molecule has 1 saturated heterocycles. The Morgan fingerprint density at radius 3 is 3.08 bits per heavy atom. The van der Waals surface area contributed by atoms with Crippen molar-refractivity contribution in [1.29, 1.82) is 0 Å². The molecule has 6 heteroatoms. The average molecular weight is 348 g/mol. The van der Waals surface area contributed by atoms with Gasteiger partial charge in [0.2, 0.25) is 5.91 Å². The Bertz CT molecular complexity index is 739. The number of rotatable bonds is 3. The Labute approximate surface area is 146 Å². The molecule has 2 aliphatic rings. The lowest BCUT2D eigenvalue weighted by molar-refractivity contribution is -0.131. The summed E-state index contributed by atoms with van der Waals surface area (Å²) >= 11 is 6.06. The van der Waals surface area contributed by atoms with E-state index >= 15 is 0 Å². The Morgan fingerprint density at radius 2 is 2.25 bits per heavy atom. The highest BCUT2D eigenvalue weighted by molar-refractivity contribution is 6.30. The minimum atomic E-state index is -0.247. The van der Waals surface area contributed by atoms with Crippen molar-refractivity contribution in [2.24, 2.45) is 0 Å².